The fourth-order valence-electron chi connectivity index (χ4n) is 2.24. The van der Waals surface area contributed by atoms with Crippen molar-refractivity contribution in [2.24, 2.45) is 0 Å². The first-order valence-electron chi connectivity index (χ1n) is 6.43. The number of aromatic nitrogens is 2. The summed E-state index contributed by atoms with van der Waals surface area (Å²) in [5.74, 6) is 0.266. The molecule has 2 aromatic carbocycles. The highest BCUT2D eigenvalue weighted by Gasteiger charge is 2.30. The second-order valence-electron chi connectivity index (χ2n) is 4.82. The van der Waals surface area contributed by atoms with Gasteiger partial charge in [-0.3, -0.25) is 4.57 Å². The molecule has 23 heavy (non-hydrogen) atoms. The van der Waals surface area contributed by atoms with E-state index in [0.717, 1.165) is 12.1 Å². The molecule has 3 aromatic rings. The first-order valence-corrected chi connectivity index (χ1v) is 7.21. The van der Waals surface area contributed by atoms with Gasteiger partial charge in [0.05, 0.1) is 11.1 Å². The molecular weight excluding hydrogens is 347 g/mol. The van der Waals surface area contributed by atoms with Gasteiger partial charge in [-0.2, -0.15) is 13.2 Å². The van der Waals surface area contributed by atoms with Crippen LogP contribution >= 0.6 is 23.8 Å². The Morgan fingerprint density at radius 2 is 1.74 bits per heavy atom. The molecule has 0 aliphatic rings. The van der Waals surface area contributed by atoms with Crippen LogP contribution in [0.5, 0.6) is 0 Å². The number of rotatable bonds is 1. The van der Waals surface area contributed by atoms with Crippen molar-refractivity contribution in [2.45, 2.75) is 6.18 Å². The summed E-state index contributed by atoms with van der Waals surface area (Å²) in [6.45, 7) is 0. The van der Waals surface area contributed by atoms with E-state index in [9.17, 15) is 13.2 Å². The Hall–Kier alpha value is -2.12. The third-order valence-corrected chi connectivity index (χ3v) is 3.84. The summed E-state index contributed by atoms with van der Waals surface area (Å²) in [6, 6.07) is 9.51. The Morgan fingerprint density at radius 1 is 1.09 bits per heavy atom. The van der Waals surface area contributed by atoms with Gasteiger partial charge in [0.15, 0.2) is 0 Å². The van der Waals surface area contributed by atoms with Gasteiger partial charge < -0.3 is 5.73 Å². The molecule has 0 aliphatic carbocycles. The Balaban J connectivity index is 2.22. The zero-order valence-electron chi connectivity index (χ0n) is 11.4. The number of nitrogens with two attached hydrogens (primary N) is 1. The zero-order valence-corrected chi connectivity index (χ0v) is 13.0. The maximum Gasteiger partial charge on any atom is 0.416 e. The first-order chi connectivity index (χ1) is 10.8. The van der Waals surface area contributed by atoms with Gasteiger partial charge >= 0.3 is 6.18 Å². The lowest BCUT2D eigenvalue weighted by Crippen LogP contribution is -2.09. The van der Waals surface area contributed by atoms with E-state index in [1.54, 1.807) is 18.2 Å². The summed E-state index contributed by atoms with van der Waals surface area (Å²) in [5.41, 5.74) is 6.34. The number of hydrogen-bond donors (Lipinski definition) is 1. The fourth-order valence-corrected chi connectivity index (χ4v) is 2.71. The van der Waals surface area contributed by atoms with E-state index in [2.05, 4.69) is 4.98 Å². The van der Waals surface area contributed by atoms with Crippen LogP contribution in [0.1, 0.15) is 5.56 Å². The summed E-state index contributed by atoms with van der Waals surface area (Å²) < 4.78 is 39.5. The Bertz CT molecular complexity index is 949. The molecule has 0 unspecified atom stereocenters. The molecular formula is C15H9ClF3N3S. The quantitative estimate of drug-likeness (QED) is 0.624. The van der Waals surface area contributed by atoms with E-state index in [4.69, 9.17) is 29.6 Å². The molecule has 3 nitrogen and oxygen atoms in total. The average molecular weight is 356 g/mol. The van der Waals surface area contributed by atoms with E-state index in [1.807, 2.05) is 0 Å². The van der Waals surface area contributed by atoms with E-state index in [1.165, 1.54) is 16.7 Å². The SMILES string of the molecule is Nc1c2cc(Cl)ccc2nc(=S)n1-c1ccc(C(F)(F)F)cc1. The standard InChI is InChI=1S/C15H9ClF3N3S/c16-9-3-6-12-11(7-9)13(20)22(14(23)21-12)10-4-1-8(2-5-10)15(17,18)19/h1-7H,20H2. The number of nitrogen functional groups attached to an aromatic ring is 1. The summed E-state index contributed by atoms with van der Waals surface area (Å²) >= 11 is 11.2. The second-order valence-corrected chi connectivity index (χ2v) is 5.62. The molecule has 118 valence electrons. The maximum atomic E-state index is 12.7. The van der Waals surface area contributed by atoms with Gasteiger partial charge in [-0.25, -0.2) is 4.98 Å². The number of halogens is 4. The van der Waals surface area contributed by atoms with Gasteiger partial charge in [-0.15, -0.1) is 0 Å². The summed E-state index contributed by atoms with van der Waals surface area (Å²) in [6.07, 6.45) is -4.40. The lowest BCUT2D eigenvalue weighted by molar-refractivity contribution is -0.137. The van der Waals surface area contributed by atoms with E-state index in [-0.39, 0.29) is 10.6 Å². The lowest BCUT2D eigenvalue weighted by Gasteiger charge is -2.14. The lowest BCUT2D eigenvalue weighted by atomic mass is 10.2. The number of nitrogens with zero attached hydrogens (tertiary/aromatic N) is 2. The molecule has 1 aromatic heterocycles. The number of alkyl halides is 3. The predicted octanol–water partition coefficient (Wildman–Crippen LogP) is 5.01. The molecule has 0 saturated carbocycles. The third kappa shape index (κ3) is 2.89. The molecule has 0 aliphatic heterocycles. The number of benzene rings is 2. The molecule has 0 atom stereocenters. The van der Waals surface area contributed by atoms with Crippen molar-refractivity contribution in [1.29, 1.82) is 0 Å². The highest BCUT2D eigenvalue weighted by atomic mass is 35.5. The van der Waals surface area contributed by atoms with Crippen LogP contribution in [0.2, 0.25) is 5.02 Å². The average Bonchev–Trinajstić information content (AvgIpc) is 2.48. The molecule has 0 fully saturated rings. The molecule has 3 rings (SSSR count). The molecule has 0 bridgehead atoms. The molecule has 0 radical (unpaired) electrons. The summed E-state index contributed by atoms with van der Waals surface area (Å²) in [5, 5.41) is 1.05. The van der Waals surface area contributed by atoms with Crippen LogP contribution in [0.4, 0.5) is 19.0 Å². The Kier molecular flexibility index (Phi) is 3.77. The van der Waals surface area contributed by atoms with Crippen LogP contribution < -0.4 is 5.73 Å². The van der Waals surface area contributed by atoms with Gasteiger partial charge in [-0.05, 0) is 54.7 Å². The van der Waals surface area contributed by atoms with Crippen LogP contribution in [-0.4, -0.2) is 9.55 Å². The molecule has 0 saturated heterocycles. The van der Waals surface area contributed by atoms with Crippen molar-refractivity contribution >= 4 is 40.5 Å². The van der Waals surface area contributed by atoms with Crippen LogP contribution in [0.3, 0.4) is 0 Å². The van der Waals surface area contributed by atoms with Crippen LogP contribution in [0.25, 0.3) is 16.6 Å². The predicted molar refractivity (Wildman–Crippen MR) is 86.3 cm³/mol. The van der Waals surface area contributed by atoms with Gasteiger partial charge in [-0.1, -0.05) is 11.6 Å². The molecule has 8 heteroatoms. The number of anilines is 1. The van der Waals surface area contributed by atoms with Crippen molar-refractivity contribution in [3.63, 3.8) is 0 Å². The van der Waals surface area contributed by atoms with E-state index >= 15 is 0 Å². The van der Waals surface area contributed by atoms with Crippen molar-refractivity contribution in [2.75, 3.05) is 5.73 Å². The van der Waals surface area contributed by atoms with Crippen LogP contribution in [-0.2, 0) is 6.18 Å². The number of hydrogen-bond acceptors (Lipinski definition) is 3. The van der Waals surface area contributed by atoms with Gasteiger partial charge in [0, 0.05) is 16.1 Å². The van der Waals surface area contributed by atoms with Gasteiger partial charge in [0.1, 0.15) is 5.82 Å². The smallest absolute Gasteiger partial charge is 0.384 e. The fraction of sp³-hybridized carbons (Fsp3) is 0.0667. The minimum Gasteiger partial charge on any atom is -0.384 e. The van der Waals surface area contributed by atoms with E-state index < -0.39 is 11.7 Å². The molecule has 0 spiro atoms. The van der Waals surface area contributed by atoms with Gasteiger partial charge in [0.25, 0.3) is 0 Å². The minimum atomic E-state index is -4.40. The van der Waals surface area contributed by atoms with E-state index in [0.29, 0.717) is 21.6 Å². The topological polar surface area (TPSA) is 43.8 Å². The molecule has 2 N–H and O–H groups in total. The molecule has 1 heterocycles. The first kappa shape index (κ1) is 15.8. The normalized spacial score (nSPS) is 11.8. The van der Waals surface area contributed by atoms with Crippen molar-refractivity contribution in [3.8, 4) is 5.69 Å². The maximum absolute atomic E-state index is 12.7. The second kappa shape index (κ2) is 5.50. The largest absolute Gasteiger partial charge is 0.416 e. The summed E-state index contributed by atoms with van der Waals surface area (Å²) in [7, 11) is 0. The Morgan fingerprint density at radius 3 is 2.35 bits per heavy atom. The van der Waals surface area contributed by atoms with Crippen LogP contribution in [0, 0.1) is 4.77 Å². The van der Waals surface area contributed by atoms with Crippen molar-refractivity contribution in [3.05, 3.63) is 57.8 Å². The van der Waals surface area contributed by atoms with Gasteiger partial charge in [0.2, 0.25) is 4.77 Å². The highest BCUT2D eigenvalue weighted by molar-refractivity contribution is 7.71. The third-order valence-electron chi connectivity index (χ3n) is 3.34. The zero-order chi connectivity index (χ0) is 16.8. The Labute approximate surface area is 139 Å². The number of fused-ring (bicyclic) bond motifs is 1. The monoisotopic (exact) mass is 355 g/mol. The minimum absolute atomic E-state index is 0.150. The van der Waals surface area contributed by atoms with Crippen molar-refractivity contribution in [1.82, 2.24) is 9.55 Å². The van der Waals surface area contributed by atoms with Crippen molar-refractivity contribution < 1.29 is 13.2 Å². The van der Waals surface area contributed by atoms with Crippen LogP contribution in [0.15, 0.2) is 42.5 Å². The highest BCUT2D eigenvalue weighted by Crippen LogP contribution is 2.31. The molecule has 0 amide bonds. The summed E-state index contributed by atoms with van der Waals surface area (Å²) in [4.78, 5) is 4.24.